The molecule has 14 heavy (non-hydrogen) atoms. The van der Waals surface area contributed by atoms with Crippen molar-refractivity contribution in [3.05, 3.63) is 46.9 Å². The monoisotopic (exact) mass is 183 g/mol. The number of pyridine rings is 1. The zero-order valence-corrected chi connectivity index (χ0v) is 7.82. The first-order valence-electron chi connectivity index (χ1n) is 4.36. The van der Waals surface area contributed by atoms with E-state index in [1.54, 1.807) is 13.1 Å². The molecule has 0 bridgehead atoms. The molecule has 0 aliphatic carbocycles. The van der Waals surface area contributed by atoms with Gasteiger partial charge in [-0.15, -0.1) is 0 Å². The summed E-state index contributed by atoms with van der Waals surface area (Å²) < 4.78 is 1.41. The van der Waals surface area contributed by atoms with Gasteiger partial charge in [0, 0.05) is 17.6 Å². The summed E-state index contributed by atoms with van der Waals surface area (Å²) in [6.45, 7) is 1.71. The molecule has 0 amide bonds. The average Bonchev–Trinajstić information content (AvgIpc) is 2.23. The first-order valence-corrected chi connectivity index (χ1v) is 4.36. The molecule has 0 radical (unpaired) electrons. The molecule has 2 aromatic rings. The van der Waals surface area contributed by atoms with Crippen molar-refractivity contribution < 1.29 is 0 Å². The molecule has 1 heterocycles. The molecule has 2 nitrogen and oxygen atoms in total. The predicted molar refractivity (Wildman–Crippen MR) is 57.1 cm³/mol. The molecule has 0 saturated heterocycles. The van der Waals surface area contributed by atoms with Crippen LogP contribution in [0.5, 0.6) is 0 Å². The first-order chi connectivity index (χ1) is 6.83. The van der Waals surface area contributed by atoms with Crippen molar-refractivity contribution in [3.63, 3.8) is 0 Å². The van der Waals surface area contributed by atoms with Crippen LogP contribution < -0.4 is 5.56 Å². The van der Waals surface area contributed by atoms with Gasteiger partial charge in [-0.05, 0) is 24.4 Å². The van der Waals surface area contributed by atoms with Gasteiger partial charge in [-0.1, -0.05) is 24.1 Å². The third-order valence-corrected chi connectivity index (χ3v) is 2.05. The molecule has 1 aromatic carbocycles. The summed E-state index contributed by atoms with van der Waals surface area (Å²) in [5.74, 6) is 2.70. The van der Waals surface area contributed by atoms with Gasteiger partial charge in [-0.25, -0.2) is 4.57 Å². The number of fused-ring (bicyclic) bond motifs is 1. The number of aromatic nitrogens is 1. The van der Waals surface area contributed by atoms with Gasteiger partial charge >= 0.3 is 0 Å². The Labute approximate surface area is 81.8 Å². The Morgan fingerprint density at radius 3 is 2.79 bits per heavy atom. The maximum absolute atomic E-state index is 11.8. The molecule has 2 heteroatoms. The quantitative estimate of drug-likeness (QED) is 0.571. The lowest BCUT2D eigenvalue weighted by atomic mass is 10.2. The highest BCUT2D eigenvalue weighted by Gasteiger charge is 1.98. The van der Waals surface area contributed by atoms with Crippen molar-refractivity contribution in [2.75, 3.05) is 0 Å². The van der Waals surface area contributed by atoms with Crippen molar-refractivity contribution in [3.8, 4) is 12.0 Å². The van der Waals surface area contributed by atoms with Crippen LogP contribution >= 0.6 is 0 Å². The van der Waals surface area contributed by atoms with E-state index < -0.39 is 0 Å². The highest BCUT2D eigenvalue weighted by Crippen LogP contribution is 2.07. The van der Waals surface area contributed by atoms with Gasteiger partial charge in [0.25, 0.3) is 5.56 Å². The molecule has 0 spiro atoms. The topological polar surface area (TPSA) is 22.0 Å². The average molecular weight is 183 g/mol. The molecule has 0 unspecified atom stereocenters. The zero-order chi connectivity index (χ0) is 9.97. The van der Waals surface area contributed by atoms with Crippen LogP contribution in [-0.4, -0.2) is 4.57 Å². The lowest BCUT2D eigenvalue weighted by Gasteiger charge is -1.98. The molecule has 2 rings (SSSR count). The van der Waals surface area contributed by atoms with E-state index in [2.05, 4.69) is 12.0 Å². The SMILES string of the molecule is CC#Cn1ccc2ccccc2c1=O. The maximum Gasteiger partial charge on any atom is 0.270 e. The van der Waals surface area contributed by atoms with Gasteiger partial charge in [0.1, 0.15) is 0 Å². The van der Waals surface area contributed by atoms with Gasteiger partial charge < -0.3 is 0 Å². The Kier molecular flexibility index (Phi) is 2.08. The standard InChI is InChI=1S/C12H9NO/c1-2-8-13-9-7-10-5-3-4-6-11(10)12(13)14/h3-7,9H,1H3. The second-order valence-electron chi connectivity index (χ2n) is 2.94. The fraction of sp³-hybridized carbons (Fsp3) is 0.0833. The van der Waals surface area contributed by atoms with Crippen LogP contribution in [0.4, 0.5) is 0 Å². The predicted octanol–water partition coefficient (Wildman–Crippen LogP) is 1.83. The summed E-state index contributed by atoms with van der Waals surface area (Å²) in [4.78, 5) is 11.8. The molecular formula is C12H9NO. The normalized spacial score (nSPS) is 9.50. The number of rotatable bonds is 0. The van der Waals surface area contributed by atoms with E-state index in [-0.39, 0.29) is 5.56 Å². The highest BCUT2D eigenvalue weighted by atomic mass is 16.1. The molecule has 1 aromatic heterocycles. The molecule has 0 fully saturated rings. The Hall–Kier alpha value is -2.01. The van der Waals surface area contributed by atoms with Crippen molar-refractivity contribution in [2.24, 2.45) is 0 Å². The number of hydrogen-bond donors (Lipinski definition) is 0. The van der Waals surface area contributed by atoms with Crippen LogP contribution in [0.2, 0.25) is 0 Å². The molecule has 0 aliphatic heterocycles. The van der Waals surface area contributed by atoms with E-state index in [1.807, 2.05) is 30.3 Å². The fourth-order valence-electron chi connectivity index (χ4n) is 1.40. The summed E-state index contributed by atoms with van der Waals surface area (Å²) in [5, 5.41) is 1.66. The lowest BCUT2D eigenvalue weighted by molar-refractivity contribution is 1.06. The highest BCUT2D eigenvalue weighted by molar-refractivity contribution is 5.81. The Morgan fingerprint density at radius 1 is 1.21 bits per heavy atom. The molecule has 0 saturated carbocycles. The van der Waals surface area contributed by atoms with Crippen LogP contribution in [0.15, 0.2) is 41.3 Å². The van der Waals surface area contributed by atoms with Gasteiger partial charge in [0.05, 0.1) is 0 Å². The minimum atomic E-state index is -0.0579. The largest absolute Gasteiger partial charge is 0.270 e. The third kappa shape index (κ3) is 1.29. The van der Waals surface area contributed by atoms with E-state index in [1.165, 1.54) is 4.57 Å². The minimum Gasteiger partial charge on any atom is -0.268 e. The molecule has 0 N–H and O–H groups in total. The molecule has 68 valence electrons. The summed E-state index contributed by atoms with van der Waals surface area (Å²) in [7, 11) is 0. The molecule has 0 atom stereocenters. The summed E-state index contributed by atoms with van der Waals surface area (Å²) in [6.07, 6.45) is 1.70. The third-order valence-electron chi connectivity index (χ3n) is 2.05. The summed E-state index contributed by atoms with van der Waals surface area (Å²) >= 11 is 0. The van der Waals surface area contributed by atoms with Gasteiger partial charge in [0.2, 0.25) is 0 Å². The van der Waals surface area contributed by atoms with E-state index in [0.29, 0.717) is 5.39 Å². The lowest BCUT2D eigenvalue weighted by Crippen LogP contribution is -2.15. The summed E-state index contributed by atoms with van der Waals surface area (Å²) in [5.41, 5.74) is -0.0579. The number of benzene rings is 1. The van der Waals surface area contributed by atoms with Crippen LogP contribution in [0.1, 0.15) is 6.92 Å². The van der Waals surface area contributed by atoms with Crippen LogP contribution in [0.25, 0.3) is 10.8 Å². The van der Waals surface area contributed by atoms with Crippen molar-refractivity contribution in [1.29, 1.82) is 0 Å². The van der Waals surface area contributed by atoms with Crippen molar-refractivity contribution in [1.82, 2.24) is 4.57 Å². The molecular weight excluding hydrogens is 174 g/mol. The second-order valence-corrected chi connectivity index (χ2v) is 2.94. The summed E-state index contributed by atoms with van der Waals surface area (Å²) in [6, 6.07) is 12.1. The first kappa shape index (κ1) is 8.58. The number of nitrogens with zero attached hydrogens (tertiary/aromatic N) is 1. The number of hydrogen-bond acceptors (Lipinski definition) is 1. The second kappa shape index (κ2) is 3.39. The van der Waals surface area contributed by atoms with Crippen molar-refractivity contribution in [2.45, 2.75) is 6.92 Å². The van der Waals surface area contributed by atoms with E-state index >= 15 is 0 Å². The Morgan fingerprint density at radius 2 is 2.00 bits per heavy atom. The smallest absolute Gasteiger partial charge is 0.268 e. The van der Waals surface area contributed by atoms with Crippen LogP contribution in [0.3, 0.4) is 0 Å². The van der Waals surface area contributed by atoms with E-state index in [4.69, 9.17) is 0 Å². The maximum atomic E-state index is 11.8. The van der Waals surface area contributed by atoms with E-state index in [9.17, 15) is 4.79 Å². The Balaban J connectivity index is 2.86. The van der Waals surface area contributed by atoms with Crippen molar-refractivity contribution >= 4 is 10.8 Å². The molecule has 0 aliphatic rings. The fourth-order valence-corrected chi connectivity index (χ4v) is 1.40. The van der Waals surface area contributed by atoms with Gasteiger partial charge in [0.15, 0.2) is 0 Å². The van der Waals surface area contributed by atoms with Gasteiger partial charge in [-0.3, -0.25) is 4.79 Å². The zero-order valence-electron chi connectivity index (χ0n) is 7.82. The van der Waals surface area contributed by atoms with Gasteiger partial charge in [-0.2, -0.15) is 0 Å². The van der Waals surface area contributed by atoms with Crippen LogP contribution in [0, 0.1) is 12.0 Å². The Bertz CT molecular complexity index is 584. The van der Waals surface area contributed by atoms with Crippen LogP contribution in [-0.2, 0) is 0 Å². The minimum absolute atomic E-state index is 0.0579. The van der Waals surface area contributed by atoms with E-state index in [0.717, 1.165) is 5.39 Å².